The van der Waals surface area contributed by atoms with Crippen LogP contribution in [-0.4, -0.2) is 73.5 Å². The van der Waals surface area contributed by atoms with Crippen LogP contribution in [0.3, 0.4) is 0 Å². The van der Waals surface area contributed by atoms with Gasteiger partial charge in [-0.1, -0.05) is 12.1 Å². The quantitative estimate of drug-likeness (QED) is 0.247. The van der Waals surface area contributed by atoms with Crippen molar-refractivity contribution in [2.45, 2.75) is 23.1 Å². The molecular formula is C21H31N3O7S2. The van der Waals surface area contributed by atoms with Gasteiger partial charge in [-0.2, -0.15) is 12.7 Å². The summed E-state index contributed by atoms with van der Waals surface area (Å²) >= 11 is 0. The summed E-state index contributed by atoms with van der Waals surface area (Å²) in [5.74, 6) is 5.39. The second-order valence-corrected chi connectivity index (χ2v) is 11.2. The van der Waals surface area contributed by atoms with Gasteiger partial charge in [-0.3, -0.25) is 0 Å². The minimum atomic E-state index is -4.46. The molecule has 0 atom stereocenters. The molecule has 184 valence electrons. The predicted molar refractivity (Wildman–Crippen MR) is 124 cm³/mol. The van der Waals surface area contributed by atoms with E-state index in [4.69, 9.17) is 14.8 Å². The number of aryl methyl sites for hydroxylation is 1. The molecule has 0 radical (unpaired) electrons. The topological polar surface area (TPSA) is 128 Å². The molecule has 0 aromatic heterocycles. The van der Waals surface area contributed by atoms with Crippen LogP contribution < -0.4 is 14.8 Å². The lowest BCUT2D eigenvalue weighted by molar-refractivity contribution is 0.122. The first-order valence-electron chi connectivity index (χ1n) is 10.2. The van der Waals surface area contributed by atoms with E-state index < -0.39 is 25.0 Å². The van der Waals surface area contributed by atoms with E-state index in [-0.39, 0.29) is 17.2 Å². The van der Waals surface area contributed by atoms with Crippen molar-refractivity contribution in [2.75, 3.05) is 47.4 Å². The Labute approximate surface area is 196 Å². The fourth-order valence-corrected chi connectivity index (χ4v) is 5.70. The number of rotatable bonds is 13. The Bertz CT molecular complexity index is 1140. The Kier molecular flexibility index (Phi) is 9.64. The first-order chi connectivity index (χ1) is 15.5. The first-order valence-corrected chi connectivity index (χ1v) is 13.0. The van der Waals surface area contributed by atoms with Crippen LogP contribution in [0, 0.1) is 6.92 Å². The van der Waals surface area contributed by atoms with Gasteiger partial charge >= 0.3 is 10.1 Å². The normalized spacial score (nSPS) is 12.3. The highest BCUT2D eigenvalue weighted by Gasteiger charge is 2.30. The summed E-state index contributed by atoms with van der Waals surface area (Å²) in [6.45, 7) is 3.06. The fourth-order valence-electron chi connectivity index (χ4n) is 2.85. The van der Waals surface area contributed by atoms with Gasteiger partial charge in [-0.05, 0) is 50.8 Å². The summed E-state index contributed by atoms with van der Waals surface area (Å²) in [7, 11) is -3.50. The smallest absolute Gasteiger partial charge is 0.340 e. The molecule has 0 heterocycles. The number of ether oxygens (including phenoxy) is 1. The highest BCUT2D eigenvalue weighted by Crippen LogP contribution is 2.29. The molecule has 0 amide bonds. The Balaban J connectivity index is 2.32. The molecule has 0 fully saturated rings. The van der Waals surface area contributed by atoms with Crippen LogP contribution in [0.5, 0.6) is 11.5 Å². The van der Waals surface area contributed by atoms with Crippen LogP contribution in [0.2, 0.25) is 0 Å². The first kappa shape index (κ1) is 27.0. The standard InChI is InChI=1S/C21H31N3O7S2/c1-17-14-18(29-12-7-13-30-22)16-19(15-17)31-33(27,28)21-9-6-5-8-20(21)32(25,26)24(4)11-10-23(2)3/h5-6,8-9,14-16H,7,10-13,22H2,1-4H3. The van der Waals surface area contributed by atoms with Crippen LogP contribution in [0.1, 0.15) is 12.0 Å². The van der Waals surface area contributed by atoms with Crippen LogP contribution in [0.25, 0.3) is 0 Å². The van der Waals surface area contributed by atoms with Crippen molar-refractivity contribution >= 4 is 20.1 Å². The van der Waals surface area contributed by atoms with Crippen LogP contribution in [0.4, 0.5) is 0 Å². The molecule has 0 bridgehead atoms. The second-order valence-electron chi connectivity index (χ2n) is 7.67. The molecule has 2 rings (SSSR count). The summed E-state index contributed by atoms with van der Waals surface area (Å²) in [5, 5.41) is 0. The van der Waals surface area contributed by atoms with Crippen molar-refractivity contribution in [3.63, 3.8) is 0 Å². The van der Waals surface area contributed by atoms with Gasteiger partial charge in [0, 0.05) is 32.6 Å². The minimum Gasteiger partial charge on any atom is -0.493 e. The molecule has 10 nitrogen and oxygen atoms in total. The van der Waals surface area contributed by atoms with Gasteiger partial charge in [0.15, 0.2) is 0 Å². The van der Waals surface area contributed by atoms with Gasteiger partial charge in [0.1, 0.15) is 21.3 Å². The predicted octanol–water partition coefficient (Wildman–Crippen LogP) is 1.60. The minimum absolute atomic E-state index is 0.00763. The van der Waals surface area contributed by atoms with Gasteiger partial charge < -0.3 is 18.7 Å². The Morgan fingerprint density at radius 3 is 2.15 bits per heavy atom. The Morgan fingerprint density at radius 2 is 1.52 bits per heavy atom. The number of hydrogen-bond donors (Lipinski definition) is 1. The molecule has 2 aromatic rings. The number of hydrogen-bond acceptors (Lipinski definition) is 9. The molecule has 0 aliphatic carbocycles. The number of sulfonamides is 1. The number of nitrogens with zero attached hydrogens (tertiary/aromatic N) is 2. The van der Waals surface area contributed by atoms with E-state index in [1.807, 2.05) is 19.0 Å². The number of likely N-dealkylation sites (N-methyl/N-ethyl adjacent to an activating group) is 2. The van der Waals surface area contributed by atoms with Crippen molar-refractivity contribution < 1.29 is 30.6 Å². The van der Waals surface area contributed by atoms with Gasteiger partial charge in [-0.15, -0.1) is 0 Å². The van der Waals surface area contributed by atoms with Crippen molar-refractivity contribution in [1.82, 2.24) is 9.21 Å². The monoisotopic (exact) mass is 501 g/mol. The molecule has 0 aliphatic heterocycles. The Hall–Kier alpha value is -2.22. The summed E-state index contributed by atoms with van der Waals surface area (Å²) in [5.41, 5.74) is 0.706. The third kappa shape index (κ3) is 7.66. The molecule has 0 saturated heterocycles. The van der Waals surface area contributed by atoms with E-state index >= 15 is 0 Å². The van der Waals surface area contributed by atoms with E-state index in [0.29, 0.717) is 37.5 Å². The molecule has 2 aromatic carbocycles. The molecule has 0 saturated carbocycles. The highest BCUT2D eigenvalue weighted by molar-refractivity contribution is 7.91. The number of nitrogens with two attached hydrogens (primary N) is 1. The summed E-state index contributed by atoms with van der Waals surface area (Å²) in [6, 6.07) is 10.0. The summed E-state index contributed by atoms with van der Waals surface area (Å²) < 4.78 is 64.4. The van der Waals surface area contributed by atoms with Gasteiger partial charge in [0.05, 0.1) is 13.2 Å². The average Bonchev–Trinajstić information content (AvgIpc) is 2.74. The zero-order chi connectivity index (χ0) is 24.6. The third-order valence-corrected chi connectivity index (χ3v) is 7.93. The SMILES string of the molecule is Cc1cc(OCCCON)cc(OS(=O)(=O)c2ccccc2S(=O)(=O)N(C)CCN(C)C)c1. The second kappa shape index (κ2) is 11.8. The van der Waals surface area contributed by atoms with Crippen LogP contribution >= 0.6 is 0 Å². The molecule has 33 heavy (non-hydrogen) atoms. The maximum Gasteiger partial charge on any atom is 0.340 e. The van der Waals surface area contributed by atoms with E-state index in [1.165, 1.54) is 43.4 Å². The average molecular weight is 502 g/mol. The molecule has 12 heteroatoms. The lowest BCUT2D eigenvalue weighted by atomic mass is 10.2. The fraction of sp³-hybridized carbons (Fsp3) is 0.429. The molecular weight excluding hydrogens is 470 g/mol. The van der Waals surface area contributed by atoms with Crippen LogP contribution in [-0.2, 0) is 25.0 Å². The lowest BCUT2D eigenvalue weighted by Gasteiger charge is -2.21. The van der Waals surface area contributed by atoms with E-state index in [2.05, 4.69) is 4.84 Å². The van der Waals surface area contributed by atoms with Gasteiger partial charge in [-0.25, -0.2) is 14.3 Å². The van der Waals surface area contributed by atoms with Gasteiger partial charge in [0.25, 0.3) is 0 Å². The maximum absolute atomic E-state index is 13.1. The van der Waals surface area contributed by atoms with Crippen LogP contribution in [0.15, 0.2) is 52.3 Å². The van der Waals surface area contributed by atoms with Crippen molar-refractivity contribution in [1.29, 1.82) is 0 Å². The molecule has 0 aliphatic rings. The van der Waals surface area contributed by atoms with Crippen molar-refractivity contribution in [2.24, 2.45) is 5.90 Å². The highest BCUT2D eigenvalue weighted by atomic mass is 32.2. The van der Waals surface area contributed by atoms with E-state index in [9.17, 15) is 16.8 Å². The maximum atomic E-state index is 13.1. The summed E-state index contributed by atoms with van der Waals surface area (Å²) in [6.07, 6.45) is 0.547. The zero-order valence-corrected chi connectivity index (χ0v) is 20.9. The molecule has 2 N–H and O–H groups in total. The van der Waals surface area contributed by atoms with Crippen molar-refractivity contribution in [3.8, 4) is 11.5 Å². The van der Waals surface area contributed by atoms with Crippen molar-refractivity contribution in [3.05, 3.63) is 48.0 Å². The lowest BCUT2D eigenvalue weighted by Crippen LogP contribution is -2.34. The third-order valence-electron chi connectivity index (χ3n) is 4.57. The zero-order valence-electron chi connectivity index (χ0n) is 19.2. The Morgan fingerprint density at radius 1 is 0.879 bits per heavy atom. The van der Waals surface area contributed by atoms with Gasteiger partial charge in [0.2, 0.25) is 10.0 Å². The van der Waals surface area contributed by atoms with E-state index in [1.54, 1.807) is 13.0 Å². The molecule has 0 spiro atoms. The number of benzene rings is 2. The molecule has 0 unspecified atom stereocenters. The largest absolute Gasteiger partial charge is 0.493 e. The summed E-state index contributed by atoms with van der Waals surface area (Å²) in [4.78, 5) is 5.53. The van der Waals surface area contributed by atoms with E-state index in [0.717, 1.165) is 4.31 Å².